The van der Waals surface area contributed by atoms with E-state index in [2.05, 4.69) is 10.3 Å². The number of hydrogen-bond acceptors (Lipinski definition) is 5. The predicted molar refractivity (Wildman–Crippen MR) is 99.4 cm³/mol. The number of carbonyl (C=O) groups is 1. The van der Waals surface area contributed by atoms with E-state index in [-0.39, 0.29) is 17.1 Å². The highest BCUT2D eigenvalue weighted by Gasteiger charge is 2.25. The third-order valence-corrected chi connectivity index (χ3v) is 4.59. The summed E-state index contributed by atoms with van der Waals surface area (Å²) in [6, 6.07) is 3.45. The van der Waals surface area contributed by atoms with E-state index in [1.807, 2.05) is 26.8 Å². The number of hydrogen-bond donors (Lipinski definition) is 4. The minimum Gasteiger partial charge on any atom is -0.508 e. The van der Waals surface area contributed by atoms with Gasteiger partial charge >= 0.3 is 0 Å². The van der Waals surface area contributed by atoms with E-state index in [0.717, 1.165) is 22.3 Å². The normalized spacial score (nSPS) is 11.0. The van der Waals surface area contributed by atoms with E-state index in [1.165, 1.54) is 0 Å². The molecule has 1 aromatic carbocycles. The van der Waals surface area contributed by atoms with Gasteiger partial charge in [0.1, 0.15) is 17.4 Å². The number of primary amides is 1. The van der Waals surface area contributed by atoms with Crippen molar-refractivity contribution in [2.24, 2.45) is 5.73 Å². The summed E-state index contributed by atoms with van der Waals surface area (Å²) in [7, 11) is 1.78. The van der Waals surface area contributed by atoms with Crippen molar-refractivity contribution < 1.29 is 9.90 Å². The van der Waals surface area contributed by atoms with Gasteiger partial charge in [-0.05, 0) is 32.4 Å². The molecule has 1 amide bonds. The van der Waals surface area contributed by atoms with Gasteiger partial charge in [-0.25, -0.2) is 4.98 Å². The first kappa shape index (κ1) is 16.6. The maximum atomic E-state index is 12.0. The number of aromatic hydroxyl groups is 1. The largest absolute Gasteiger partial charge is 0.508 e. The first-order chi connectivity index (χ1) is 11.8. The Balaban J connectivity index is 2.58. The highest BCUT2D eigenvalue weighted by atomic mass is 16.3. The van der Waals surface area contributed by atoms with Gasteiger partial charge in [0.25, 0.3) is 5.91 Å². The molecule has 0 bridgehead atoms. The highest BCUT2D eigenvalue weighted by molar-refractivity contribution is 6.12. The maximum absolute atomic E-state index is 12.0. The number of aryl methyl sites for hydroxylation is 2. The summed E-state index contributed by atoms with van der Waals surface area (Å²) >= 11 is 0. The van der Waals surface area contributed by atoms with Crippen molar-refractivity contribution in [3.63, 3.8) is 0 Å². The van der Waals surface area contributed by atoms with Crippen LogP contribution in [0.1, 0.15) is 27.0 Å². The first-order valence-corrected chi connectivity index (χ1v) is 7.86. The van der Waals surface area contributed by atoms with Gasteiger partial charge in [-0.3, -0.25) is 9.36 Å². The molecule has 0 atom stereocenters. The zero-order valence-electron chi connectivity index (χ0n) is 14.6. The molecule has 25 heavy (non-hydrogen) atoms. The van der Waals surface area contributed by atoms with E-state index < -0.39 is 5.91 Å². The summed E-state index contributed by atoms with van der Waals surface area (Å²) in [5.41, 5.74) is 16.0. The van der Waals surface area contributed by atoms with Crippen molar-refractivity contribution in [1.29, 1.82) is 0 Å². The van der Waals surface area contributed by atoms with Crippen LogP contribution in [-0.4, -0.2) is 27.6 Å². The molecular weight excluding hydrogens is 318 g/mol. The number of carbonyl (C=O) groups excluding carboxylic acids is 1. The average molecular weight is 339 g/mol. The molecule has 2 aromatic heterocycles. The van der Waals surface area contributed by atoms with Gasteiger partial charge in [0.15, 0.2) is 0 Å². The summed E-state index contributed by atoms with van der Waals surface area (Å²) in [6.07, 6.45) is 1.59. The van der Waals surface area contributed by atoms with Gasteiger partial charge in [-0.15, -0.1) is 0 Å². The van der Waals surface area contributed by atoms with Gasteiger partial charge in [-0.1, -0.05) is 6.07 Å². The Morgan fingerprint density at radius 2 is 1.92 bits per heavy atom. The lowest BCUT2D eigenvalue weighted by molar-refractivity contribution is 0.100. The van der Waals surface area contributed by atoms with Crippen molar-refractivity contribution in [2.45, 2.75) is 20.8 Å². The van der Waals surface area contributed by atoms with Crippen LogP contribution in [0.4, 0.5) is 11.6 Å². The fraction of sp³-hybridized carbons (Fsp3) is 0.222. The van der Waals surface area contributed by atoms with Crippen LogP contribution in [0.15, 0.2) is 18.3 Å². The second-order valence-corrected chi connectivity index (χ2v) is 6.08. The highest BCUT2D eigenvalue weighted by Crippen LogP contribution is 2.38. The molecule has 0 aliphatic rings. The second kappa shape index (κ2) is 5.70. The molecule has 7 nitrogen and oxygen atoms in total. The molecule has 0 aliphatic carbocycles. The Labute approximate surface area is 145 Å². The smallest absolute Gasteiger partial charge is 0.253 e. The number of phenols is 1. The van der Waals surface area contributed by atoms with Gasteiger partial charge < -0.3 is 21.9 Å². The number of nitrogen functional groups attached to an aromatic ring is 1. The lowest BCUT2D eigenvalue weighted by atomic mass is 10.1. The van der Waals surface area contributed by atoms with Gasteiger partial charge in [-0.2, -0.15) is 0 Å². The zero-order chi connectivity index (χ0) is 18.5. The minimum atomic E-state index is -0.616. The van der Waals surface area contributed by atoms with Gasteiger partial charge in [0.2, 0.25) is 0 Å². The molecule has 0 saturated carbocycles. The number of benzene rings is 1. The number of phenolic OH excluding ortho intramolecular Hbond substituents is 1. The van der Waals surface area contributed by atoms with Crippen LogP contribution in [0, 0.1) is 20.8 Å². The molecule has 2 heterocycles. The molecule has 6 N–H and O–H groups in total. The standard InChI is InChI=1S/C18H21N5O2/c1-8-5-6-12(24)9(2)14(8)23-15-10(3)18(21-4)22-7-11(15)13(16(23)19)17(20)25/h5-7,24H,19H2,1-4H3,(H2,20,25)(H,21,22). The van der Waals surface area contributed by atoms with Crippen LogP contribution in [0.3, 0.4) is 0 Å². The van der Waals surface area contributed by atoms with E-state index in [0.29, 0.717) is 16.8 Å². The molecule has 0 saturated heterocycles. The molecule has 7 heteroatoms. The fourth-order valence-corrected chi connectivity index (χ4v) is 3.35. The van der Waals surface area contributed by atoms with Crippen LogP contribution >= 0.6 is 0 Å². The van der Waals surface area contributed by atoms with Crippen molar-refractivity contribution in [2.75, 3.05) is 18.1 Å². The summed E-state index contributed by atoms with van der Waals surface area (Å²) < 4.78 is 1.78. The second-order valence-electron chi connectivity index (χ2n) is 6.08. The van der Waals surface area contributed by atoms with E-state index >= 15 is 0 Å². The summed E-state index contributed by atoms with van der Waals surface area (Å²) in [5.74, 6) is 0.452. The number of amides is 1. The summed E-state index contributed by atoms with van der Waals surface area (Å²) in [4.78, 5) is 16.4. The minimum absolute atomic E-state index is 0.156. The lowest BCUT2D eigenvalue weighted by Crippen LogP contribution is -2.14. The van der Waals surface area contributed by atoms with Crippen LogP contribution in [0.2, 0.25) is 0 Å². The van der Waals surface area contributed by atoms with Crippen LogP contribution in [-0.2, 0) is 0 Å². The Hall–Kier alpha value is -3.22. The predicted octanol–water partition coefficient (Wildman–Crippen LogP) is 2.38. The molecular formula is C18H21N5O2. The fourth-order valence-electron chi connectivity index (χ4n) is 3.35. The molecule has 0 fully saturated rings. The molecule has 0 unspecified atom stereocenters. The number of pyridine rings is 1. The number of nitrogens with zero attached hydrogens (tertiary/aromatic N) is 2. The van der Waals surface area contributed by atoms with Crippen molar-refractivity contribution in [3.8, 4) is 11.4 Å². The maximum Gasteiger partial charge on any atom is 0.253 e. The number of aromatic nitrogens is 2. The van der Waals surface area contributed by atoms with Crippen molar-refractivity contribution in [1.82, 2.24) is 9.55 Å². The third kappa shape index (κ3) is 2.27. The molecule has 3 rings (SSSR count). The van der Waals surface area contributed by atoms with Crippen molar-refractivity contribution in [3.05, 3.63) is 40.6 Å². The van der Waals surface area contributed by atoms with Gasteiger partial charge in [0, 0.05) is 29.8 Å². The van der Waals surface area contributed by atoms with Crippen molar-refractivity contribution >= 4 is 28.4 Å². The van der Waals surface area contributed by atoms with E-state index in [4.69, 9.17) is 11.5 Å². The molecule has 0 aliphatic heterocycles. The zero-order valence-corrected chi connectivity index (χ0v) is 14.6. The Kier molecular flexibility index (Phi) is 3.79. The Morgan fingerprint density at radius 1 is 1.24 bits per heavy atom. The number of fused-ring (bicyclic) bond motifs is 1. The Bertz CT molecular complexity index is 1020. The first-order valence-electron chi connectivity index (χ1n) is 7.86. The Morgan fingerprint density at radius 3 is 2.52 bits per heavy atom. The monoisotopic (exact) mass is 339 g/mol. The average Bonchev–Trinajstić information content (AvgIpc) is 2.85. The molecule has 130 valence electrons. The SMILES string of the molecule is CNc1ncc2c(C(N)=O)c(N)n(-c3c(C)ccc(O)c3C)c2c1C. The quantitative estimate of drug-likeness (QED) is 0.584. The topological polar surface area (TPSA) is 119 Å². The number of nitrogens with two attached hydrogens (primary N) is 2. The van der Waals surface area contributed by atoms with Crippen LogP contribution in [0.5, 0.6) is 5.75 Å². The summed E-state index contributed by atoms with van der Waals surface area (Å²) in [5, 5.41) is 13.8. The van der Waals surface area contributed by atoms with Gasteiger partial charge in [0.05, 0.1) is 16.8 Å². The third-order valence-electron chi connectivity index (χ3n) is 4.59. The molecule has 3 aromatic rings. The lowest BCUT2D eigenvalue weighted by Gasteiger charge is -2.17. The van der Waals surface area contributed by atoms with E-state index in [9.17, 15) is 9.90 Å². The number of anilines is 2. The van der Waals surface area contributed by atoms with Crippen LogP contribution < -0.4 is 16.8 Å². The summed E-state index contributed by atoms with van der Waals surface area (Å²) in [6.45, 7) is 5.63. The molecule has 0 spiro atoms. The number of nitrogens with one attached hydrogen (secondary N) is 1. The molecule has 0 radical (unpaired) electrons. The number of rotatable bonds is 3. The van der Waals surface area contributed by atoms with Crippen LogP contribution in [0.25, 0.3) is 16.6 Å². The van der Waals surface area contributed by atoms with E-state index in [1.54, 1.807) is 23.9 Å².